The molecule has 1 heterocycles. The van der Waals surface area contributed by atoms with Gasteiger partial charge < -0.3 is 15.7 Å². The van der Waals surface area contributed by atoms with E-state index >= 15 is 0 Å². The summed E-state index contributed by atoms with van der Waals surface area (Å²) in [6.45, 7) is 0.927. The fourth-order valence-corrected chi connectivity index (χ4v) is 1.59. The van der Waals surface area contributed by atoms with Gasteiger partial charge in [0.2, 0.25) is 0 Å². The lowest BCUT2D eigenvalue weighted by Crippen LogP contribution is -2.32. The van der Waals surface area contributed by atoms with Crippen molar-refractivity contribution < 1.29 is 9.94 Å². The Kier molecular flexibility index (Phi) is 2.73. The first-order chi connectivity index (χ1) is 7.31. The summed E-state index contributed by atoms with van der Waals surface area (Å²) >= 11 is 0. The Bertz CT molecular complexity index is 379. The molecule has 0 aromatic heterocycles. The number of rotatable bonds is 3. The maximum atomic E-state index is 8.40. The second-order valence-electron chi connectivity index (χ2n) is 3.37. The number of benzene rings is 1. The highest BCUT2D eigenvalue weighted by atomic mass is 16.5. The highest BCUT2D eigenvalue weighted by Gasteiger charge is 2.22. The van der Waals surface area contributed by atoms with Crippen LogP contribution in [0.1, 0.15) is 11.6 Å². The van der Waals surface area contributed by atoms with Gasteiger partial charge in [-0.2, -0.15) is 0 Å². The monoisotopic (exact) mass is 207 g/mol. The highest BCUT2D eigenvalue weighted by molar-refractivity contribution is 5.81. The van der Waals surface area contributed by atoms with Crippen molar-refractivity contribution in [3.8, 4) is 5.75 Å². The lowest BCUT2D eigenvalue weighted by molar-refractivity contribution is 0.308. The third-order valence-electron chi connectivity index (χ3n) is 2.36. The zero-order valence-corrected chi connectivity index (χ0v) is 8.18. The second kappa shape index (κ2) is 4.18. The van der Waals surface area contributed by atoms with Crippen molar-refractivity contribution in [2.75, 3.05) is 13.2 Å². The summed E-state index contributed by atoms with van der Waals surface area (Å²) in [7, 11) is 0. The molecule has 5 nitrogen and oxygen atoms in total. The molecule has 0 aliphatic carbocycles. The van der Waals surface area contributed by atoms with Crippen LogP contribution in [0.3, 0.4) is 0 Å². The molecule has 0 saturated carbocycles. The minimum absolute atomic E-state index is 0.113. The molecule has 5 heteroatoms. The number of nitrogens with zero attached hydrogens (tertiary/aromatic N) is 1. The molecular weight excluding hydrogens is 194 g/mol. The van der Waals surface area contributed by atoms with Crippen molar-refractivity contribution in [1.29, 1.82) is 0 Å². The Balaban J connectivity index is 2.02. The average Bonchev–Trinajstić information content (AvgIpc) is 2.69. The van der Waals surface area contributed by atoms with E-state index in [9.17, 15) is 0 Å². The number of hydrogen-bond donors (Lipinski definition) is 3. The van der Waals surface area contributed by atoms with Crippen molar-refractivity contribution in [1.82, 2.24) is 5.32 Å². The van der Waals surface area contributed by atoms with Gasteiger partial charge in [0, 0.05) is 5.56 Å². The molecular formula is C10H13N3O2. The third kappa shape index (κ3) is 2.02. The van der Waals surface area contributed by atoms with Crippen molar-refractivity contribution in [2.45, 2.75) is 6.04 Å². The first kappa shape index (κ1) is 9.79. The minimum atomic E-state index is 0.113. The molecule has 1 atom stereocenters. The van der Waals surface area contributed by atoms with Crippen LogP contribution < -0.4 is 15.8 Å². The van der Waals surface area contributed by atoms with Crippen LogP contribution in [0.5, 0.6) is 5.75 Å². The quantitative estimate of drug-likeness (QED) is 0.291. The SMILES string of the molecule is NC(CNC1COc2ccccc21)=NO. The van der Waals surface area contributed by atoms with Crippen molar-refractivity contribution in [3.63, 3.8) is 0 Å². The molecule has 0 radical (unpaired) electrons. The van der Waals surface area contributed by atoms with E-state index in [2.05, 4.69) is 10.5 Å². The van der Waals surface area contributed by atoms with Gasteiger partial charge in [-0.05, 0) is 6.07 Å². The first-order valence-electron chi connectivity index (χ1n) is 4.73. The molecule has 0 bridgehead atoms. The summed E-state index contributed by atoms with van der Waals surface area (Å²) in [5.41, 5.74) is 6.48. The molecule has 1 unspecified atom stereocenters. The molecule has 2 rings (SSSR count). The van der Waals surface area contributed by atoms with Crippen molar-refractivity contribution in [2.24, 2.45) is 10.9 Å². The first-order valence-corrected chi connectivity index (χ1v) is 4.73. The third-order valence-corrected chi connectivity index (χ3v) is 2.36. The van der Waals surface area contributed by atoms with Crippen LogP contribution >= 0.6 is 0 Å². The van der Waals surface area contributed by atoms with E-state index in [-0.39, 0.29) is 11.9 Å². The Morgan fingerprint density at radius 1 is 1.60 bits per heavy atom. The Morgan fingerprint density at radius 3 is 3.20 bits per heavy atom. The summed E-state index contributed by atoms with van der Waals surface area (Å²) in [5.74, 6) is 1.06. The number of hydrogen-bond acceptors (Lipinski definition) is 4. The number of ether oxygens (including phenoxy) is 1. The summed E-state index contributed by atoms with van der Waals surface area (Å²) in [4.78, 5) is 0. The van der Waals surface area contributed by atoms with Crippen LogP contribution in [-0.2, 0) is 0 Å². The van der Waals surface area contributed by atoms with Crippen molar-refractivity contribution in [3.05, 3.63) is 29.8 Å². The predicted octanol–water partition coefficient (Wildman–Crippen LogP) is 0.456. The summed E-state index contributed by atoms with van der Waals surface area (Å²) in [6, 6.07) is 7.95. The number of nitrogens with two attached hydrogens (primary N) is 1. The number of oxime groups is 1. The van der Waals surface area contributed by atoms with Gasteiger partial charge in [0.05, 0.1) is 12.6 Å². The largest absolute Gasteiger partial charge is 0.491 e. The van der Waals surface area contributed by atoms with Crippen LogP contribution in [0.2, 0.25) is 0 Å². The molecule has 0 fully saturated rings. The lowest BCUT2D eigenvalue weighted by atomic mass is 10.1. The van der Waals surface area contributed by atoms with E-state index in [0.29, 0.717) is 13.2 Å². The Labute approximate surface area is 87.5 Å². The molecule has 4 N–H and O–H groups in total. The lowest BCUT2D eigenvalue weighted by Gasteiger charge is -2.10. The molecule has 0 spiro atoms. The molecule has 0 saturated heterocycles. The van der Waals surface area contributed by atoms with Crippen LogP contribution in [0.4, 0.5) is 0 Å². The van der Waals surface area contributed by atoms with Gasteiger partial charge in [-0.3, -0.25) is 5.32 Å². The molecule has 0 amide bonds. The van der Waals surface area contributed by atoms with Gasteiger partial charge in [0.25, 0.3) is 0 Å². The van der Waals surface area contributed by atoms with Crippen molar-refractivity contribution >= 4 is 5.84 Å². The number of para-hydroxylation sites is 1. The van der Waals surface area contributed by atoms with E-state index in [4.69, 9.17) is 15.7 Å². The predicted molar refractivity (Wildman–Crippen MR) is 56.1 cm³/mol. The smallest absolute Gasteiger partial charge is 0.153 e. The maximum absolute atomic E-state index is 8.40. The molecule has 15 heavy (non-hydrogen) atoms. The fraction of sp³-hybridized carbons (Fsp3) is 0.300. The molecule has 1 aliphatic rings. The molecule has 1 aromatic rings. The highest BCUT2D eigenvalue weighted by Crippen LogP contribution is 2.31. The minimum Gasteiger partial charge on any atom is -0.491 e. The van der Waals surface area contributed by atoms with E-state index in [1.807, 2.05) is 24.3 Å². The van der Waals surface area contributed by atoms with Crippen LogP contribution in [0.15, 0.2) is 29.4 Å². The fourth-order valence-electron chi connectivity index (χ4n) is 1.59. The average molecular weight is 207 g/mol. The Morgan fingerprint density at radius 2 is 2.40 bits per heavy atom. The van der Waals surface area contributed by atoms with Gasteiger partial charge in [-0.25, -0.2) is 0 Å². The summed E-state index contributed by atoms with van der Waals surface area (Å²) < 4.78 is 5.47. The van der Waals surface area contributed by atoms with E-state index < -0.39 is 0 Å². The van der Waals surface area contributed by atoms with Gasteiger partial charge in [-0.1, -0.05) is 23.4 Å². The topological polar surface area (TPSA) is 79.9 Å². The summed E-state index contributed by atoms with van der Waals surface area (Å²) in [6.07, 6.45) is 0. The van der Waals surface area contributed by atoms with Gasteiger partial charge in [0.15, 0.2) is 5.84 Å². The normalized spacial score (nSPS) is 19.7. The van der Waals surface area contributed by atoms with E-state index in [1.165, 1.54) is 0 Å². The van der Waals surface area contributed by atoms with Crippen LogP contribution in [0, 0.1) is 0 Å². The molecule has 1 aliphatic heterocycles. The van der Waals surface area contributed by atoms with Crippen LogP contribution in [-0.4, -0.2) is 24.2 Å². The maximum Gasteiger partial charge on any atom is 0.153 e. The number of nitrogens with one attached hydrogen (secondary N) is 1. The van der Waals surface area contributed by atoms with E-state index in [1.54, 1.807) is 0 Å². The van der Waals surface area contributed by atoms with Crippen LogP contribution in [0.25, 0.3) is 0 Å². The zero-order chi connectivity index (χ0) is 10.7. The molecule has 80 valence electrons. The number of amidine groups is 1. The van der Waals surface area contributed by atoms with Gasteiger partial charge in [-0.15, -0.1) is 0 Å². The standard InChI is InChI=1S/C10H13N3O2/c11-10(13-14)5-12-8-6-15-9-4-2-1-3-7(8)9/h1-4,8,12,14H,5-6H2,(H2,11,13). The summed E-state index contributed by atoms with van der Waals surface area (Å²) in [5, 5.41) is 14.4. The Hall–Kier alpha value is -1.75. The van der Waals surface area contributed by atoms with E-state index in [0.717, 1.165) is 11.3 Å². The number of fused-ring (bicyclic) bond motifs is 1. The second-order valence-corrected chi connectivity index (χ2v) is 3.37. The van der Waals surface area contributed by atoms with Gasteiger partial charge in [0.1, 0.15) is 12.4 Å². The molecule has 1 aromatic carbocycles. The van der Waals surface area contributed by atoms with Gasteiger partial charge >= 0.3 is 0 Å². The zero-order valence-electron chi connectivity index (χ0n) is 8.18.